The van der Waals surface area contributed by atoms with Gasteiger partial charge >= 0.3 is 0 Å². The van der Waals surface area contributed by atoms with E-state index < -0.39 is 0 Å². The number of fused-ring (bicyclic) bond motifs is 1. The lowest BCUT2D eigenvalue weighted by atomic mass is 10.0. The molecule has 3 heterocycles. The highest BCUT2D eigenvalue weighted by molar-refractivity contribution is 7.13. The van der Waals surface area contributed by atoms with E-state index in [0.29, 0.717) is 18.1 Å². The van der Waals surface area contributed by atoms with Crippen LogP contribution in [-0.4, -0.2) is 64.4 Å². The lowest BCUT2D eigenvalue weighted by Gasteiger charge is -2.34. The third kappa shape index (κ3) is 5.45. The monoisotopic (exact) mass is 478 g/mol. The van der Waals surface area contributed by atoms with E-state index in [-0.39, 0.29) is 18.1 Å². The van der Waals surface area contributed by atoms with Crippen LogP contribution in [0.5, 0.6) is 0 Å². The fraction of sp³-hybridized carbons (Fsp3) is 0.462. The summed E-state index contributed by atoms with van der Waals surface area (Å²) in [6.07, 6.45) is 5.62. The lowest BCUT2D eigenvalue weighted by molar-refractivity contribution is -0.132. The smallest absolute Gasteiger partial charge is 0.227 e. The maximum atomic E-state index is 12.7. The highest BCUT2D eigenvalue weighted by Gasteiger charge is 2.22. The number of rotatable bonds is 9. The van der Waals surface area contributed by atoms with Crippen LogP contribution < -0.4 is 0 Å². The third-order valence-corrected chi connectivity index (χ3v) is 7.65. The first-order valence-electron chi connectivity index (χ1n) is 12.2. The number of nitrogens with zero attached hydrogens (tertiary/aromatic N) is 4. The molecule has 0 N–H and O–H groups in total. The highest BCUT2D eigenvalue weighted by Crippen LogP contribution is 2.24. The molecule has 5 rings (SSSR count). The van der Waals surface area contributed by atoms with Gasteiger partial charge in [0.25, 0.3) is 0 Å². The number of hydrogen-bond donors (Lipinski definition) is 0. The van der Waals surface area contributed by atoms with E-state index in [1.54, 1.807) is 11.3 Å². The molecule has 1 aromatic carbocycles. The fourth-order valence-electron chi connectivity index (χ4n) is 4.81. The fourth-order valence-corrected chi connectivity index (χ4v) is 5.45. The average Bonchev–Trinajstić information content (AvgIpc) is 3.64. The topological polar surface area (TPSA) is 79.5 Å². The first-order chi connectivity index (χ1) is 16.7. The van der Waals surface area contributed by atoms with E-state index in [2.05, 4.69) is 21.1 Å². The SMILES string of the molecule is O=C(CCC(=O)N1CCN(CCCc2nc(-c3cccs3)no2)CC1)c1ccc2c(c1)CCC2. The van der Waals surface area contributed by atoms with Crippen LogP contribution in [0.15, 0.2) is 40.2 Å². The molecular formula is C26H30N4O3S. The van der Waals surface area contributed by atoms with Crippen molar-refractivity contribution in [2.45, 2.75) is 44.9 Å². The second kappa shape index (κ2) is 10.6. The number of piperazine rings is 1. The Morgan fingerprint density at radius 3 is 2.71 bits per heavy atom. The van der Waals surface area contributed by atoms with Crippen LogP contribution in [0.4, 0.5) is 0 Å². The molecule has 0 radical (unpaired) electrons. The van der Waals surface area contributed by atoms with Gasteiger partial charge in [-0.25, -0.2) is 0 Å². The van der Waals surface area contributed by atoms with Gasteiger partial charge in [-0.2, -0.15) is 4.98 Å². The maximum Gasteiger partial charge on any atom is 0.227 e. The zero-order valence-electron chi connectivity index (χ0n) is 19.4. The number of thiophene rings is 1. The normalized spacial score (nSPS) is 16.1. The van der Waals surface area contributed by atoms with Crippen molar-refractivity contribution >= 4 is 23.0 Å². The molecule has 2 aliphatic rings. The van der Waals surface area contributed by atoms with Gasteiger partial charge in [0.15, 0.2) is 5.78 Å². The molecule has 2 aromatic heterocycles. The number of Topliss-reactive ketones (excluding diaryl/α,β-unsaturated/α-hetero) is 1. The van der Waals surface area contributed by atoms with Crippen molar-refractivity contribution in [2.75, 3.05) is 32.7 Å². The summed E-state index contributed by atoms with van der Waals surface area (Å²) in [5.41, 5.74) is 3.42. The van der Waals surface area contributed by atoms with E-state index in [9.17, 15) is 9.59 Å². The van der Waals surface area contributed by atoms with Crippen LogP contribution in [0.25, 0.3) is 10.7 Å². The molecule has 1 aliphatic carbocycles. The summed E-state index contributed by atoms with van der Waals surface area (Å²) in [6, 6.07) is 10.0. The average molecular weight is 479 g/mol. The lowest BCUT2D eigenvalue weighted by Crippen LogP contribution is -2.48. The molecule has 0 bridgehead atoms. The Balaban J connectivity index is 1.00. The zero-order valence-corrected chi connectivity index (χ0v) is 20.2. The summed E-state index contributed by atoms with van der Waals surface area (Å²) < 4.78 is 5.37. The molecule has 1 fully saturated rings. The highest BCUT2D eigenvalue weighted by atomic mass is 32.1. The third-order valence-electron chi connectivity index (χ3n) is 6.79. The number of hydrogen-bond acceptors (Lipinski definition) is 7. The van der Waals surface area contributed by atoms with Crippen LogP contribution in [0.2, 0.25) is 0 Å². The van der Waals surface area contributed by atoms with Gasteiger partial charge in [-0.1, -0.05) is 23.4 Å². The van der Waals surface area contributed by atoms with Crippen LogP contribution in [0.3, 0.4) is 0 Å². The number of aryl methyl sites for hydroxylation is 3. The second-order valence-corrected chi connectivity index (χ2v) is 10.0. The van der Waals surface area contributed by atoms with Crippen molar-refractivity contribution in [3.8, 4) is 10.7 Å². The van der Waals surface area contributed by atoms with Crippen molar-refractivity contribution in [3.63, 3.8) is 0 Å². The van der Waals surface area contributed by atoms with Crippen molar-refractivity contribution in [2.24, 2.45) is 0 Å². The van der Waals surface area contributed by atoms with Gasteiger partial charge in [0.1, 0.15) is 0 Å². The standard InChI is InChI=1S/C26H30N4O3S/c31-22(21-9-8-19-4-1-5-20(19)18-21)10-11-25(32)30-15-13-29(14-16-30)12-2-7-24-27-26(28-33-24)23-6-3-17-34-23/h3,6,8-9,17-18H,1-2,4-5,7,10-16H2. The van der Waals surface area contributed by atoms with Gasteiger partial charge in [0, 0.05) is 51.0 Å². The Morgan fingerprint density at radius 1 is 1.03 bits per heavy atom. The molecule has 1 saturated heterocycles. The summed E-state index contributed by atoms with van der Waals surface area (Å²) in [5, 5.41) is 6.06. The Morgan fingerprint density at radius 2 is 1.88 bits per heavy atom. The number of ketones is 1. The molecule has 0 spiro atoms. The van der Waals surface area contributed by atoms with Crippen LogP contribution >= 0.6 is 11.3 Å². The first kappa shape index (κ1) is 22.9. The molecule has 7 nitrogen and oxygen atoms in total. The van der Waals surface area contributed by atoms with Crippen LogP contribution in [-0.2, 0) is 24.1 Å². The number of carbonyl (C=O) groups is 2. The minimum Gasteiger partial charge on any atom is -0.340 e. The first-order valence-corrected chi connectivity index (χ1v) is 13.1. The van der Waals surface area contributed by atoms with Gasteiger partial charge in [0.05, 0.1) is 4.88 Å². The van der Waals surface area contributed by atoms with Gasteiger partial charge in [0.2, 0.25) is 17.6 Å². The van der Waals surface area contributed by atoms with Gasteiger partial charge in [-0.05, 0) is 60.9 Å². The summed E-state index contributed by atoms with van der Waals surface area (Å²) >= 11 is 1.60. The molecule has 34 heavy (non-hydrogen) atoms. The van der Waals surface area contributed by atoms with E-state index in [1.165, 1.54) is 17.5 Å². The Labute approximate surface area is 203 Å². The minimum absolute atomic E-state index is 0.0740. The second-order valence-electron chi connectivity index (χ2n) is 9.08. The number of benzene rings is 1. The summed E-state index contributed by atoms with van der Waals surface area (Å²) in [5.74, 6) is 1.49. The van der Waals surface area contributed by atoms with Gasteiger partial charge in [-0.3, -0.25) is 14.5 Å². The van der Waals surface area contributed by atoms with E-state index >= 15 is 0 Å². The van der Waals surface area contributed by atoms with E-state index in [0.717, 1.165) is 68.8 Å². The quantitative estimate of drug-likeness (QED) is 0.432. The van der Waals surface area contributed by atoms with Crippen molar-refractivity contribution in [3.05, 3.63) is 58.3 Å². The summed E-state index contributed by atoms with van der Waals surface area (Å²) in [7, 11) is 0. The van der Waals surface area contributed by atoms with Crippen molar-refractivity contribution in [1.29, 1.82) is 0 Å². The summed E-state index contributed by atoms with van der Waals surface area (Å²) in [6.45, 7) is 4.09. The molecular weight excluding hydrogens is 448 g/mol. The molecule has 8 heteroatoms. The van der Waals surface area contributed by atoms with Gasteiger partial charge in [-0.15, -0.1) is 11.3 Å². The molecule has 1 aliphatic heterocycles. The number of aromatic nitrogens is 2. The summed E-state index contributed by atoms with van der Waals surface area (Å²) in [4.78, 5) is 35.0. The van der Waals surface area contributed by atoms with E-state index in [1.807, 2.05) is 34.5 Å². The minimum atomic E-state index is 0.0740. The largest absolute Gasteiger partial charge is 0.340 e. The van der Waals surface area contributed by atoms with Crippen molar-refractivity contribution in [1.82, 2.24) is 19.9 Å². The Kier molecular flexibility index (Phi) is 7.16. The Bertz CT molecular complexity index is 1130. The molecule has 0 unspecified atom stereocenters. The van der Waals surface area contributed by atoms with Crippen LogP contribution in [0.1, 0.15) is 53.1 Å². The van der Waals surface area contributed by atoms with Crippen LogP contribution in [0, 0.1) is 0 Å². The Hall–Kier alpha value is -2.84. The van der Waals surface area contributed by atoms with E-state index in [4.69, 9.17) is 4.52 Å². The molecule has 0 atom stereocenters. The molecule has 3 aromatic rings. The number of carbonyl (C=O) groups excluding carboxylic acids is 2. The predicted octanol–water partition coefficient (Wildman–Crippen LogP) is 4.03. The molecule has 178 valence electrons. The number of amides is 1. The molecule has 1 amide bonds. The molecule has 0 saturated carbocycles. The predicted molar refractivity (Wildman–Crippen MR) is 131 cm³/mol. The maximum absolute atomic E-state index is 12.7. The van der Waals surface area contributed by atoms with Gasteiger partial charge < -0.3 is 9.42 Å². The van der Waals surface area contributed by atoms with Crippen molar-refractivity contribution < 1.29 is 14.1 Å². The zero-order chi connectivity index (χ0) is 23.3.